The molecule has 6 nitrogen and oxygen atoms in total. The van der Waals surface area contributed by atoms with Crippen LogP contribution in [-0.4, -0.2) is 0 Å². The van der Waals surface area contributed by atoms with E-state index in [1.165, 1.54) is 88.2 Å². The van der Waals surface area contributed by atoms with Gasteiger partial charge in [-0.05, 0) is 160 Å². The minimum atomic E-state index is 0.0159. The third-order valence-corrected chi connectivity index (χ3v) is 13.0. The van der Waals surface area contributed by atoms with Gasteiger partial charge in [0.25, 0.3) is 0 Å². The van der Waals surface area contributed by atoms with Gasteiger partial charge >= 0.3 is 0 Å². The molecule has 6 heteroatoms. The van der Waals surface area contributed by atoms with Crippen LogP contribution in [-0.2, 0) is 10.8 Å². The molecule has 4 N–H and O–H groups in total. The zero-order valence-corrected chi connectivity index (χ0v) is 26.4. The molecular formula is C40H42N4O2. The van der Waals surface area contributed by atoms with Gasteiger partial charge in [0.2, 0.25) is 0 Å². The monoisotopic (exact) mass is 610 g/mol. The van der Waals surface area contributed by atoms with Crippen LogP contribution in [0.15, 0.2) is 48.5 Å². The zero-order chi connectivity index (χ0) is 31.2. The summed E-state index contributed by atoms with van der Waals surface area (Å²) in [6.45, 7) is 0. The van der Waals surface area contributed by atoms with Gasteiger partial charge in [0.1, 0.15) is 23.6 Å². The van der Waals surface area contributed by atoms with Crippen LogP contribution in [0.1, 0.15) is 99.3 Å². The summed E-state index contributed by atoms with van der Waals surface area (Å²) in [5.41, 5.74) is 16.6. The minimum absolute atomic E-state index is 0.0159. The molecule has 0 radical (unpaired) electrons. The SMILES string of the molecule is N#Cc1cc(N)ccc1Oc1c(C23CC4CC(CC(C4)C2)C3)ccc(C23CC4CC(CC(C4)C2)C3)c1Oc1ccc(N)cc1C#N. The third kappa shape index (κ3) is 4.40. The molecule has 0 saturated heterocycles. The van der Waals surface area contributed by atoms with E-state index >= 15 is 0 Å². The van der Waals surface area contributed by atoms with Gasteiger partial charge in [-0.1, -0.05) is 12.1 Å². The topological polar surface area (TPSA) is 118 Å². The first-order valence-corrected chi connectivity index (χ1v) is 17.4. The van der Waals surface area contributed by atoms with Gasteiger partial charge in [0.15, 0.2) is 11.5 Å². The van der Waals surface area contributed by atoms with Crippen LogP contribution in [0.4, 0.5) is 11.4 Å². The maximum atomic E-state index is 10.2. The average molecular weight is 611 g/mol. The fourth-order valence-corrected chi connectivity index (χ4v) is 12.1. The summed E-state index contributed by atoms with van der Waals surface area (Å²) < 4.78 is 14.1. The standard InChI is InChI=1S/C40H42N4O2/c41-21-29-13-31(43)1-5-35(29)45-37-33(39-15-23-7-24(16-39)9-25(8-23)17-39)3-4-34(38(37)46-36-6-2-32(44)14-30(36)22-42)40-18-26-10-27(19-40)12-28(11-26)20-40/h1-6,13-14,23-28H,7-12,15-20,43-44H2. The molecule has 234 valence electrons. The van der Waals surface area contributed by atoms with Crippen molar-refractivity contribution in [1.29, 1.82) is 10.5 Å². The molecule has 0 heterocycles. The molecule has 0 aliphatic heterocycles. The molecule has 3 aromatic rings. The van der Waals surface area contributed by atoms with Gasteiger partial charge in [-0.3, -0.25) is 0 Å². The second kappa shape index (κ2) is 10.2. The Morgan fingerprint density at radius 1 is 0.522 bits per heavy atom. The average Bonchev–Trinajstić information content (AvgIpc) is 3.01. The van der Waals surface area contributed by atoms with Crippen LogP contribution in [0.5, 0.6) is 23.0 Å². The molecule has 0 spiro atoms. The molecule has 8 saturated carbocycles. The lowest BCUT2D eigenvalue weighted by Crippen LogP contribution is -2.49. The highest BCUT2D eigenvalue weighted by atomic mass is 16.5. The summed E-state index contributed by atoms with van der Waals surface area (Å²) in [5, 5.41) is 20.3. The highest BCUT2D eigenvalue weighted by Crippen LogP contribution is 2.66. The number of ether oxygens (including phenoxy) is 2. The maximum Gasteiger partial charge on any atom is 0.174 e. The highest BCUT2D eigenvalue weighted by Gasteiger charge is 2.56. The van der Waals surface area contributed by atoms with Crippen LogP contribution in [0.3, 0.4) is 0 Å². The number of nitrogens with zero attached hydrogens (tertiary/aromatic N) is 2. The molecule has 3 aromatic carbocycles. The van der Waals surface area contributed by atoms with Gasteiger partial charge in [-0.25, -0.2) is 0 Å². The van der Waals surface area contributed by atoms with Crippen LogP contribution in [0.25, 0.3) is 0 Å². The number of benzene rings is 3. The van der Waals surface area contributed by atoms with Gasteiger partial charge < -0.3 is 20.9 Å². The molecule has 8 aliphatic carbocycles. The first kappa shape index (κ1) is 28.1. The van der Waals surface area contributed by atoms with E-state index in [0.29, 0.717) is 34.0 Å². The molecule has 8 aliphatic rings. The van der Waals surface area contributed by atoms with E-state index in [4.69, 9.17) is 20.9 Å². The van der Waals surface area contributed by atoms with Gasteiger partial charge in [0, 0.05) is 22.5 Å². The number of hydrogen-bond acceptors (Lipinski definition) is 6. The fourth-order valence-electron chi connectivity index (χ4n) is 12.1. The van der Waals surface area contributed by atoms with E-state index in [2.05, 4.69) is 24.3 Å². The Hall–Kier alpha value is -4.16. The first-order chi connectivity index (χ1) is 22.3. The molecular weight excluding hydrogens is 568 g/mol. The van der Waals surface area contributed by atoms with Crippen molar-refractivity contribution in [1.82, 2.24) is 0 Å². The Balaban J connectivity index is 1.28. The van der Waals surface area contributed by atoms with Crippen molar-refractivity contribution >= 4 is 11.4 Å². The van der Waals surface area contributed by atoms with E-state index in [-0.39, 0.29) is 10.8 Å². The van der Waals surface area contributed by atoms with E-state index < -0.39 is 0 Å². The predicted octanol–water partition coefficient (Wildman–Crippen LogP) is 9.11. The third-order valence-electron chi connectivity index (χ3n) is 13.0. The van der Waals surface area contributed by atoms with Crippen molar-refractivity contribution in [2.45, 2.75) is 87.9 Å². The lowest BCUT2D eigenvalue weighted by molar-refractivity contribution is -0.00833. The molecule has 0 amide bonds. The molecule has 0 atom stereocenters. The summed E-state index contributed by atoms with van der Waals surface area (Å²) >= 11 is 0. The normalized spacial score (nSPS) is 34.7. The summed E-state index contributed by atoms with van der Waals surface area (Å²) in [6.07, 6.45) is 15.1. The van der Waals surface area contributed by atoms with Gasteiger partial charge in [0.05, 0.1) is 11.1 Å². The smallest absolute Gasteiger partial charge is 0.174 e. The van der Waals surface area contributed by atoms with Crippen LogP contribution in [0.2, 0.25) is 0 Å². The summed E-state index contributed by atoms with van der Waals surface area (Å²) in [6, 6.07) is 20.1. The second-order valence-corrected chi connectivity index (χ2v) is 16.2. The maximum absolute atomic E-state index is 10.2. The van der Waals surface area contributed by atoms with E-state index in [0.717, 1.165) is 47.0 Å². The molecule has 0 unspecified atom stereocenters. The lowest BCUT2D eigenvalue weighted by atomic mass is 9.47. The Labute approximate surface area is 271 Å². The Bertz CT molecular complexity index is 1630. The van der Waals surface area contributed by atoms with Crippen molar-refractivity contribution in [3.63, 3.8) is 0 Å². The van der Waals surface area contributed by atoms with Gasteiger partial charge in [-0.15, -0.1) is 0 Å². The number of hydrogen-bond donors (Lipinski definition) is 2. The number of nitriles is 2. The highest BCUT2D eigenvalue weighted by molar-refractivity contribution is 5.64. The molecule has 46 heavy (non-hydrogen) atoms. The van der Waals surface area contributed by atoms with E-state index in [1.54, 1.807) is 24.3 Å². The minimum Gasteiger partial charge on any atom is -0.452 e. The molecule has 0 aromatic heterocycles. The van der Waals surface area contributed by atoms with Crippen molar-refractivity contribution < 1.29 is 9.47 Å². The van der Waals surface area contributed by atoms with Gasteiger partial charge in [-0.2, -0.15) is 10.5 Å². The van der Waals surface area contributed by atoms with Crippen molar-refractivity contribution in [3.05, 3.63) is 70.8 Å². The quantitative estimate of drug-likeness (QED) is 0.269. The van der Waals surface area contributed by atoms with E-state index in [9.17, 15) is 10.5 Å². The molecule has 11 rings (SSSR count). The molecule has 8 bridgehead atoms. The summed E-state index contributed by atoms with van der Waals surface area (Å²) in [4.78, 5) is 0. The van der Waals surface area contributed by atoms with Crippen LogP contribution in [0, 0.1) is 58.2 Å². The van der Waals surface area contributed by atoms with E-state index in [1.807, 2.05) is 12.1 Å². The Morgan fingerprint density at radius 3 is 1.15 bits per heavy atom. The molecule has 8 fully saturated rings. The van der Waals surface area contributed by atoms with Crippen molar-refractivity contribution in [3.8, 4) is 35.1 Å². The van der Waals surface area contributed by atoms with Crippen molar-refractivity contribution in [2.24, 2.45) is 35.5 Å². The first-order valence-electron chi connectivity index (χ1n) is 17.4. The summed E-state index contributed by atoms with van der Waals surface area (Å²) in [5.74, 6) is 6.95. The van der Waals surface area contributed by atoms with Crippen LogP contribution < -0.4 is 20.9 Å². The lowest BCUT2D eigenvalue weighted by Gasteiger charge is -2.58. The Morgan fingerprint density at radius 2 is 0.848 bits per heavy atom. The van der Waals surface area contributed by atoms with Crippen molar-refractivity contribution in [2.75, 3.05) is 11.5 Å². The fraction of sp³-hybridized carbons (Fsp3) is 0.500. The number of nitrogen functional groups attached to an aromatic ring is 2. The summed E-state index contributed by atoms with van der Waals surface area (Å²) in [7, 11) is 0. The van der Waals surface area contributed by atoms with Crippen LogP contribution >= 0.6 is 0 Å². The number of rotatable bonds is 6. The number of nitrogens with two attached hydrogens (primary N) is 2. The zero-order valence-electron chi connectivity index (χ0n) is 26.4. The predicted molar refractivity (Wildman–Crippen MR) is 177 cm³/mol. The second-order valence-electron chi connectivity index (χ2n) is 16.2. The Kier molecular flexibility index (Phi) is 6.21. The number of anilines is 2. The largest absolute Gasteiger partial charge is 0.452 e.